The minimum atomic E-state index is -0.422. The van der Waals surface area contributed by atoms with Crippen LogP contribution in [-0.2, 0) is 6.42 Å². The number of rotatable bonds is 3. The zero-order chi connectivity index (χ0) is 14.0. The summed E-state index contributed by atoms with van der Waals surface area (Å²) in [5.74, 6) is 0.155. The van der Waals surface area contributed by atoms with E-state index in [1.165, 1.54) is 6.07 Å². The number of benzene rings is 1. The first kappa shape index (κ1) is 13.8. The number of amides is 1. The van der Waals surface area contributed by atoms with E-state index in [9.17, 15) is 9.18 Å². The topological polar surface area (TPSA) is 42.2 Å². The van der Waals surface area contributed by atoms with Crippen LogP contribution in [0.15, 0.2) is 33.2 Å². The number of anilines is 1. The molecule has 5 heteroatoms. The second-order valence-electron chi connectivity index (χ2n) is 4.15. The van der Waals surface area contributed by atoms with Crippen molar-refractivity contribution in [1.82, 2.24) is 0 Å². The molecule has 0 aliphatic heterocycles. The Morgan fingerprint density at radius 3 is 2.79 bits per heavy atom. The first-order chi connectivity index (χ1) is 9.01. The van der Waals surface area contributed by atoms with E-state index in [0.29, 0.717) is 10.2 Å². The van der Waals surface area contributed by atoms with Crippen molar-refractivity contribution in [1.29, 1.82) is 0 Å². The maximum Gasteiger partial charge on any atom is 0.291 e. The number of halogens is 2. The van der Waals surface area contributed by atoms with Crippen molar-refractivity contribution < 1.29 is 13.6 Å². The van der Waals surface area contributed by atoms with Gasteiger partial charge in [-0.2, -0.15) is 0 Å². The van der Waals surface area contributed by atoms with E-state index in [4.69, 9.17) is 4.42 Å². The summed E-state index contributed by atoms with van der Waals surface area (Å²) in [5, 5.41) is 2.64. The molecular weight excluding hydrogens is 313 g/mol. The molecule has 0 spiro atoms. The average Bonchev–Trinajstić information content (AvgIpc) is 2.84. The lowest BCUT2D eigenvalue weighted by Crippen LogP contribution is -2.12. The third-order valence-electron chi connectivity index (χ3n) is 2.75. The highest BCUT2D eigenvalue weighted by Crippen LogP contribution is 2.24. The van der Waals surface area contributed by atoms with Gasteiger partial charge in [-0.25, -0.2) is 4.39 Å². The van der Waals surface area contributed by atoms with Crippen molar-refractivity contribution >= 4 is 27.5 Å². The number of furan rings is 1. The van der Waals surface area contributed by atoms with Crippen molar-refractivity contribution in [3.8, 4) is 0 Å². The van der Waals surface area contributed by atoms with Crippen LogP contribution >= 0.6 is 15.9 Å². The molecule has 1 heterocycles. The minimum absolute atomic E-state index is 0.222. The normalized spacial score (nSPS) is 10.5. The monoisotopic (exact) mass is 325 g/mol. The quantitative estimate of drug-likeness (QED) is 0.913. The highest BCUT2D eigenvalue weighted by molar-refractivity contribution is 9.10. The lowest BCUT2D eigenvalue weighted by molar-refractivity contribution is 0.0995. The van der Waals surface area contributed by atoms with E-state index in [0.717, 1.165) is 17.7 Å². The van der Waals surface area contributed by atoms with E-state index < -0.39 is 5.82 Å². The molecule has 2 aromatic rings. The molecule has 0 unspecified atom stereocenters. The molecule has 3 nitrogen and oxygen atoms in total. The lowest BCUT2D eigenvalue weighted by atomic mass is 10.2. The second-order valence-corrected chi connectivity index (χ2v) is 5.01. The van der Waals surface area contributed by atoms with Gasteiger partial charge in [-0.15, -0.1) is 0 Å². The van der Waals surface area contributed by atoms with Gasteiger partial charge in [-0.05, 0) is 52.7 Å². The van der Waals surface area contributed by atoms with Gasteiger partial charge < -0.3 is 9.73 Å². The van der Waals surface area contributed by atoms with Crippen molar-refractivity contribution in [3.05, 3.63) is 51.6 Å². The second kappa shape index (κ2) is 5.57. The number of hydrogen-bond donors (Lipinski definition) is 1. The van der Waals surface area contributed by atoms with Gasteiger partial charge in [-0.1, -0.05) is 6.92 Å². The summed E-state index contributed by atoms with van der Waals surface area (Å²) < 4.78 is 19.2. The smallest absolute Gasteiger partial charge is 0.291 e. The molecule has 0 saturated heterocycles. The lowest BCUT2D eigenvalue weighted by Gasteiger charge is -2.08. The Hall–Kier alpha value is -1.62. The Morgan fingerprint density at radius 1 is 1.42 bits per heavy atom. The van der Waals surface area contributed by atoms with Gasteiger partial charge in [0.1, 0.15) is 11.6 Å². The number of hydrogen-bond acceptors (Lipinski definition) is 2. The zero-order valence-electron chi connectivity index (χ0n) is 10.6. The van der Waals surface area contributed by atoms with Crippen LogP contribution in [0.2, 0.25) is 0 Å². The van der Waals surface area contributed by atoms with Crippen molar-refractivity contribution in [2.24, 2.45) is 0 Å². The fourth-order valence-corrected chi connectivity index (χ4v) is 2.11. The Balaban J connectivity index is 2.21. The van der Waals surface area contributed by atoms with Crippen LogP contribution in [0.3, 0.4) is 0 Å². The van der Waals surface area contributed by atoms with Gasteiger partial charge in [0, 0.05) is 12.1 Å². The molecule has 1 aromatic carbocycles. The number of nitrogens with one attached hydrogen (secondary N) is 1. The Labute approximate surface area is 118 Å². The van der Waals surface area contributed by atoms with Crippen LogP contribution in [0.5, 0.6) is 0 Å². The maximum absolute atomic E-state index is 13.4. The third-order valence-corrected chi connectivity index (χ3v) is 3.36. The standard InChI is InChI=1S/C14H13BrFNO2/c1-3-9-4-5-13(19-9)14(18)17-12-7-11(16)10(15)6-8(12)2/h4-7H,3H2,1-2H3,(H,17,18). The van der Waals surface area contributed by atoms with Crippen LogP contribution in [0, 0.1) is 12.7 Å². The van der Waals surface area contributed by atoms with Crippen molar-refractivity contribution in [2.75, 3.05) is 5.32 Å². The van der Waals surface area contributed by atoms with Gasteiger partial charge >= 0.3 is 0 Å². The maximum atomic E-state index is 13.4. The SMILES string of the molecule is CCc1ccc(C(=O)Nc2cc(F)c(Br)cc2C)o1. The molecule has 0 atom stereocenters. The minimum Gasteiger partial charge on any atom is -0.456 e. The Bertz CT molecular complexity index is 622. The highest BCUT2D eigenvalue weighted by atomic mass is 79.9. The van der Waals surface area contributed by atoms with Gasteiger partial charge in [0.2, 0.25) is 0 Å². The Kier molecular flexibility index (Phi) is 4.04. The van der Waals surface area contributed by atoms with Crippen LogP contribution < -0.4 is 5.32 Å². The average molecular weight is 326 g/mol. The van der Waals surface area contributed by atoms with Gasteiger partial charge in [-0.3, -0.25) is 4.79 Å². The summed E-state index contributed by atoms with van der Waals surface area (Å²) >= 11 is 3.10. The molecule has 0 aliphatic rings. The molecule has 0 fully saturated rings. The number of carbonyl (C=O) groups excluding carboxylic acids is 1. The molecule has 1 N–H and O–H groups in total. The largest absolute Gasteiger partial charge is 0.456 e. The molecule has 19 heavy (non-hydrogen) atoms. The molecule has 2 rings (SSSR count). The van der Waals surface area contributed by atoms with Gasteiger partial charge in [0.05, 0.1) is 4.47 Å². The van der Waals surface area contributed by atoms with Crippen molar-refractivity contribution in [3.63, 3.8) is 0 Å². The summed E-state index contributed by atoms with van der Waals surface area (Å²) in [6.45, 7) is 3.73. The predicted molar refractivity (Wildman–Crippen MR) is 74.9 cm³/mol. The molecule has 0 radical (unpaired) electrons. The first-order valence-corrected chi connectivity index (χ1v) is 6.66. The van der Waals surface area contributed by atoms with Crippen LogP contribution in [0.1, 0.15) is 28.8 Å². The van der Waals surface area contributed by atoms with E-state index >= 15 is 0 Å². The van der Waals surface area contributed by atoms with E-state index in [1.807, 2.05) is 6.92 Å². The Morgan fingerprint density at radius 2 is 2.16 bits per heavy atom. The third kappa shape index (κ3) is 3.04. The summed E-state index contributed by atoms with van der Waals surface area (Å²) in [4.78, 5) is 12.0. The molecule has 1 amide bonds. The van der Waals surface area contributed by atoms with Crippen LogP contribution in [0.25, 0.3) is 0 Å². The molecule has 0 aliphatic carbocycles. The summed E-state index contributed by atoms with van der Waals surface area (Å²) in [6, 6.07) is 6.26. The number of carbonyl (C=O) groups is 1. The molecule has 100 valence electrons. The highest BCUT2D eigenvalue weighted by Gasteiger charge is 2.13. The zero-order valence-corrected chi connectivity index (χ0v) is 12.2. The van der Waals surface area contributed by atoms with Gasteiger partial charge in [0.15, 0.2) is 5.76 Å². The summed E-state index contributed by atoms with van der Waals surface area (Å²) in [6.07, 6.45) is 0.721. The fourth-order valence-electron chi connectivity index (χ4n) is 1.65. The fraction of sp³-hybridized carbons (Fsp3) is 0.214. The molecular formula is C14H13BrFNO2. The summed E-state index contributed by atoms with van der Waals surface area (Å²) in [5.41, 5.74) is 1.20. The van der Waals surface area contributed by atoms with Gasteiger partial charge in [0.25, 0.3) is 5.91 Å². The molecule has 0 bridgehead atoms. The summed E-state index contributed by atoms with van der Waals surface area (Å²) in [7, 11) is 0. The molecule has 1 aromatic heterocycles. The first-order valence-electron chi connectivity index (χ1n) is 5.87. The number of aryl methyl sites for hydroxylation is 2. The van der Waals surface area contributed by atoms with Crippen LogP contribution in [-0.4, -0.2) is 5.91 Å². The van der Waals surface area contributed by atoms with E-state index in [-0.39, 0.29) is 11.7 Å². The van der Waals surface area contributed by atoms with Crippen LogP contribution in [0.4, 0.5) is 10.1 Å². The predicted octanol–water partition coefficient (Wildman–Crippen LogP) is 4.30. The molecule has 0 saturated carbocycles. The van der Waals surface area contributed by atoms with Crippen molar-refractivity contribution in [2.45, 2.75) is 20.3 Å². The van der Waals surface area contributed by atoms with E-state index in [1.54, 1.807) is 25.1 Å². The van der Waals surface area contributed by atoms with E-state index in [2.05, 4.69) is 21.2 Å².